The maximum absolute atomic E-state index is 12.0. The minimum Gasteiger partial charge on any atom is -0.393 e. The predicted molar refractivity (Wildman–Crippen MR) is 65.6 cm³/mol. The van der Waals surface area contributed by atoms with Crippen molar-refractivity contribution in [2.45, 2.75) is 45.6 Å². The normalized spacial score (nSPS) is 17.2. The van der Waals surface area contributed by atoms with E-state index < -0.39 is 0 Å². The van der Waals surface area contributed by atoms with E-state index in [0.29, 0.717) is 29.9 Å². The first kappa shape index (κ1) is 12.4. The first-order valence-corrected chi connectivity index (χ1v) is 6.05. The fourth-order valence-electron chi connectivity index (χ4n) is 1.56. The molecule has 1 unspecified atom stereocenters. The highest BCUT2D eigenvalue weighted by atomic mass is 32.1. The highest BCUT2D eigenvalue weighted by molar-refractivity contribution is 7.80. The molecular formula is C11H20N2OS. The van der Waals surface area contributed by atoms with Crippen LogP contribution in [0, 0.1) is 5.92 Å². The second-order valence-electron chi connectivity index (χ2n) is 4.28. The molecular weight excluding hydrogens is 208 g/mol. The number of nitrogens with two attached hydrogens (primary N) is 1. The number of thiocarbonyl (C=S) groups is 1. The molecule has 0 aromatic rings. The molecule has 1 saturated carbocycles. The van der Waals surface area contributed by atoms with E-state index in [1.807, 2.05) is 4.90 Å². The summed E-state index contributed by atoms with van der Waals surface area (Å²) < 4.78 is 0. The third kappa shape index (κ3) is 3.78. The summed E-state index contributed by atoms with van der Waals surface area (Å²) >= 11 is 4.84. The van der Waals surface area contributed by atoms with Crippen molar-refractivity contribution in [1.82, 2.24) is 4.90 Å². The van der Waals surface area contributed by atoms with Crippen molar-refractivity contribution in [3.8, 4) is 0 Å². The maximum Gasteiger partial charge on any atom is 0.225 e. The van der Waals surface area contributed by atoms with Gasteiger partial charge < -0.3 is 10.6 Å². The van der Waals surface area contributed by atoms with E-state index in [1.165, 1.54) is 0 Å². The monoisotopic (exact) mass is 228 g/mol. The van der Waals surface area contributed by atoms with Crippen LogP contribution < -0.4 is 5.73 Å². The van der Waals surface area contributed by atoms with Gasteiger partial charge in [0.15, 0.2) is 0 Å². The molecule has 2 N–H and O–H groups in total. The van der Waals surface area contributed by atoms with E-state index in [1.54, 1.807) is 0 Å². The number of hydrogen-bond acceptors (Lipinski definition) is 2. The minimum absolute atomic E-state index is 0.283. The lowest BCUT2D eigenvalue weighted by Crippen LogP contribution is -2.41. The second kappa shape index (κ2) is 5.45. The van der Waals surface area contributed by atoms with Gasteiger partial charge in [0.05, 0.1) is 4.99 Å². The molecule has 86 valence electrons. The van der Waals surface area contributed by atoms with E-state index in [2.05, 4.69) is 13.8 Å². The van der Waals surface area contributed by atoms with Gasteiger partial charge in [0.1, 0.15) is 0 Å². The molecule has 4 heteroatoms. The van der Waals surface area contributed by atoms with Crippen LogP contribution in [0.1, 0.15) is 39.5 Å². The van der Waals surface area contributed by atoms with Gasteiger partial charge >= 0.3 is 0 Å². The molecule has 0 radical (unpaired) electrons. The van der Waals surface area contributed by atoms with Crippen LogP contribution in [-0.2, 0) is 4.79 Å². The molecule has 0 bridgehead atoms. The van der Waals surface area contributed by atoms with E-state index in [-0.39, 0.29) is 5.92 Å². The van der Waals surface area contributed by atoms with Gasteiger partial charge in [0.25, 0.3) is 0 Å². The molecule has 1 aliphatic carbocycles. The van der Waals surface area contributed by atoms with Gasteiger partial charge in [-0.15, -0.1) is 0 Å². The predicted octanol–water partition coefficient (Wildman–Crippen LogP) is 1.70. The first-order valence-electron chi connectivity index (χ1n) is 5.65. The number of carbonyl (C=O) groups excluding carboxylic acids is 1. The standard InChI is InChI=1S/C11H20N2OS/c1-3-8(2)13(7-6-10(12)15)11(14)9-4-5-9/h8-9H,3-7H2,1-2H3,(H2,12,15). The largest absolute Gasteiger partial charge is 0.393 e. The van der Waals surface area contributed by atoms with Crippen molar-refractivity contribution < 1.29 is 4.79 Å². The molecule has 1 fully saturated rings. The van der Waals surface area contributed by atoms with E-state index in [4.69, 9.17) is 18.0 Å². The lowest BCUT2D eigenvalue weighted by molar-refractivity contribution is -0.134. The molecule has 1 amide bonds. The van der Waals surface area contributed by atoms with Gasteiger partial charge in [0, 0.05) is 24.9 Å². The van der Waals surface area contributed by atoms with Crippen LogP contribution in [0.4, 0.5) is 0 Å². The van der Waals surface area contributed by atoms with Crippen LogP contribution in [0.15, 0.2) is 0 Å². The van der Waals surface area contributed by atoms with E-state index in [9.17, 15) is 4.79 Å². The Hall–Kier alpha value is -0.640. The first-order chi connectivity index (χ1) is 7.06. The van der Waals surface area contributed by atoms with Crippen LogP contribution in [0.3, 0.4) is 0 Å². The summed E-state index contributed by atoms with van der Waals surface area (Å²) in [6.07, 6.45) is 3.73. The van der Waals surface area contributed by atoms with E-state index in [0.717, 1.165) is 19.3 Å². The molecule has 3 nitrogen and oxygen atoms in total. The highest BCUT2D eigenvalue weighted by Gasteiger charge is 2.34. The molecule has 0 aromatic carbocycles. The molecule has 15 heavy (non-hydrogen) atoms. The number of nitrogens with zero attached hydrogens (tertiary/aromatic N) is 1. The quantitative estimate of drug-likeness (QED) is 0.704. The summed E-state index contributed by atoms with van der Waals surface area (Å²) in [5, 5.41) is 0. The maximum atomic E-state index is 12.0. The Morgan fingerprint density at radius 1 is 1.60 bits per heavy atom. The summed E-state index contributed by atoms with van der Waals surface area (Å²) in [7, 11) is 0. The van der Waals surface area contributed by atoms with Gasteiger partial charge in [-0.2, -0.15) is 0 Å². The Bertz CT molecular complexity index is 251. The number of carbonyl (C=O) groups is 1. The topological polar surface area (TPSA) is 46.3 Å². The molecule has 0 spiro atoms. The molecule has 0 heterocycles. The Balaban J connectivity index is 2.51. The van der Waals surface area contributed by atoms with Crippen molar-refractivity contribution in [1.29, 1.82) is 0 Å². The van der Waals surface area contributed by atoms with Gasteiger partial charge in [-0.25, -0.2) is 0 Å². The average Bonchev–Trinajstić information content (AvgIpc) is 3.00. The lowest BCUT2D eigenvalue weighted by Gasteiger charge is -2.28. The molecule has 0 saturated heterocycles. The Labute approximate surface area is 97.0 Å². The third-order valence-electron chi connectivity index (χ3n) is 2.93. The van der Waals surface area contributed by atoms with Gasteiger partial charge in [0.2, 0.25) is 5.91 Å². The SMILES string of the molecule is CCC(C)N(CCC(N)=S)C(=O)C1CC1. The number of rotatable bonds is 6. The van der Waals surface area contributed by atoms with Gasteiger partial charge in [-0.3, -0.25) is 4.79 Å². The van der Waals surface area contributed by atoms with Crippen molar-refractivity contribution in [2.24, 2.45) is 11.7 Å². The molecule has 1 rings (SSSR count). The molecule has 0 aliphatic heterocycles. The second-order valence-corrected chi connectivity index (χ2v) is 4.80. The summed E-state index contributed by atoms with van der Waals surface area (Å²) in [5.41, 5.74) is 5.47. The molecule has 1 aliphatic rings. The Morgan fingerprint density at radius 2 is 2.20 bits per heavy atom. The highest BCUT2D eigenvalue weighted by Crippen LogP contribution is 2.31. The summed E-state index contributed by atoms with van der Waals surface area (Å²) in [6, 6.07) is 0.299. The number of amides is 1. The van der Waals surface area contributed by atoms with Crippen molar-refractivity contribution >= 4 is 23.1 Å². The summed E-state index contributed by atoms with van der Waals surface area (Å²) in [4.78, 5) is 14.4. The molecule has 0 aromatic heterocycles. The van der Waals surface area contributed by atoms with Crippen molar-refractivity contribution in [3.05, 3.63) is 0 Å². The average molecular weight is 228 g/mol. The van der Waals surface area contributed by atoms with E-state index >= 15 is 0 Å². The van der Waals surface area contributed by atoms with Crippen molar-refractivity contribution in [3.63, 3.8) is 0 Å². The molecule has 1 atom stereocenters. The zero-order chi connectivity index (χ0) is 11.4. The smallest absolute Gasteiger partial charge is 0.225 e. The lowest BCUT2D eigenvalue weighted by atomic mass is 10.2. The van der Waals surface area contributed by atoms with Crippen LogP contribution in [0.25, 0.3) is 0 Å². The summed E-state index contributed by atoms with van der Waals surface area (Å²) in [5.74, 6) is 0.575. The van der Waals surface area contributed by atoms with Crippen LogP contribution >= 0.6 is 12.2 Å². The third-order valence-corrected chi connectivity index (χ3v) is 3.14. The fraction of sp³-hybridized carbons (Fsp3) is 0.818. The van der Waals surface area contributed by atoms with Crippen LogP contribution in [-0.4, -0.2) is 28.4 Å². The Kier molecular flexibility index (Phi) is 4.51. The Morgan fingerprint density at radius 3 is 2.60 bits per heavy atom. The van der Waals surface area contributed by atoms with Crippen LogP contribution in [0.2, 0.25) is 0 Å². The van der Waals surface area contributed by atoms with Crippen LogP contribution in [0.5, 0.6) is 0 Å². The number of hydrogen-bond donors (Lipinski definition) is 1. The zero-order valence-electron chi connectivity index (χ0n) is 9.53. The van der Waals surface area contributed by atoms with Gasteiger partial charge in [-0.05, 0) is 26.2 Å². The summed E-state index contributed by atoms with van der Waals surface area (Å²) in [6.45, 7) is 4.86. The zero-order valence-corrected chi connectivity index (χ0v) is 10.3. The fourth-order valence-corrected chi connectivity index (χ4v) is 1.65. The van der Waals surface area contributed by atoms with Gasteiger partial charge in [-0.1, -0.05) is 19.1 Å². The van der Waals surface area contributed by atoms with Crippen molar-refractivity contribution in [2.75, 3.05) is 6.54 Å². The minimum atomic E-state index is 0.283.